The average molecular weight is 537 g/mol. The number of amides is 1. The summed E-state index contributed by atoms with van der Waals surface area (Å²) in [7, 11) is 4.91. The van der Waals surface area contributed by atoms with Gasteiger partial charge in [-0.05, 0) is 30.7 Å². The molecule has 2 N–H and O–H groups in total. The molecule has 0 unspecified atom stereocenters. The Morgan fingerprint density at radius 1 is 1.27 bits per heavy atom. The smallest absolute Gasteiger partial charge is 0.241 e. The van der Waals surface area contributed by atoms with Gasteiger partial charge in [0.15, 0.2) is 5.96 Å². The first kappa shape index (κ1) is 26.4. The number of carbonyl (C=O) groups is 1. The van der Waals surface area contributed by atoms with Gasteiger partial charge in [0.2, 0.25) is 5.91 Å². The van der Waals surface area contributed by atoms with Gasteiger partial charge in [0, 0.05) is 39.8 Å². The normalized spacial score (nSPS) is 14.6. The highest BCUT2D eigenvalue weighted by atomic mass is 127. The van der Waals surface area contributed by atoms with Crippen LogP contribution in [0, 0.1) is 5.82 Å². The second-order valence-corrected chi connectivity index (χ2v) is 7.04. The van der Waals surface area contributed by atoms with E-state index in [0.29, 0.717) is 23.8 Å². The van der Waals surface area contributed by atoms with Crippen molar-refractivity contribution in [3.05, 3.63) is 29.6 Å². The fourth-order valence-electron chi connectivity index (χ4n) is 2.83. The number of halogens is 2. The molecule has 0 radical (unpaired) electrons. The second-order valence-electron chi connectivity index (χ2n) is 7.04. The summed E-state index contributed by atoms with van der Waals surface area (Å²) in [6.45, 7) is 5.57. The van der Waals surface area contributed by atoms with Crippen molar-refractivity contribution in [3.63, 3.8) is 0 Å². The number of benzene rings is 1. The molecule has 1 aliphatic rings. The molecule has 8 nitrogen and oxygen atoms in total. The molecule has 2 rings (SSSR count). The van der Waals surface area contributed by atoms with E-state index in [0.717, 1.165) is 39.3 Å². The van der Waals surface area contributed by atoms with Crippen LogP contribution in [-0.2, 0) is 16.1 Å². The van der Waals surface area contributed by atoms with Crippen molar-refractivity contribution in [2.75, 3.05) is 67.1 Å². The van der Waals surface area contributed by atoms with Crippen molar-refractivity contribution in [1.29, 1.82) is 0 Å². The Kier molecular flexibility index (Phi) is 12.6. The quantitative estimate of drug-likeness (QED) is 0.214. The van der Waals surface area contributed by atoms with E-state index in [1.165, 1.54) is 24.1 Å². The molecule has 1 fully saturated rings. The lowest BCUT2D eigenvalue weighted by molar-refractivity contribution is -0.127. The number of rotatable bonds is 9. The molecule has 1 heterocycles. The summed E-state index contributed by atoms with van der Waals surface area (Å²) in [5, 5.41) is 6.29. The third-order valence-corrected chi connectivity index (χ3v) is 4.54. The number of ether oxygens (including phenoxy) is 2. The zero-order chi connectivity index (χ0) is 21.1. The summed E-state index contributed by atoms with van der Waals surface area (Å²) >= 11 is 0. The van der Waals surface area contributed by atoms with Crippen molar-refractivity contribution in [2.24, 2.45) is 4.99 Å². The number of hydrogen-bond acceptors (Lipinski definition) is 5. The van der Waals surface area contributed by atoms with E-state index in [1.807, 2.05) is 0 Å². The van der Waals surface area contributed by atoms with E-state index in [9.17, 15) is 9.18 Å². The topological polar surface area (TPSA) is 78.4 Å². The summed E-state index contributed by atoms with van der Waals surface area (Å²) in [4.78, 5) is 20.3. The van der Waals surface area contributed by atoms with E-state index >= 15 is 0 Å². The fourth-order valence-corrected chi connectivity index (χ4v) is 2.83. The SMILES string of the molecule is COc1cc(F)cc(CN=C(NCCCN2CCOCC2)NCC(=O)N(C)C)c1.I. The molecule has 0 aromatic heterocycles. The molecule has 1 amide bonds. The van der Waals surface area contributed by atoms with Crippen LogP contribution in [0.3, 0.4) is 0 Å². The second kappa shape index (κ2) is 14.4. The predicted molar refractivity (Wildman–Crippen MR) is 126 cm³/mol. The third kappa shape index (κ3) is 9.90. The van der Waals surface area contributed by atoms with Crippen LogP contribution >= 0.6 is 24.0 Å². The van der Waals surface area contributed by atoms with Gasteiger partial charge in [-0.3, -0.25) is 9.69 Å². The molecule has 30 heavy (non-hydrogen) atoms. The molecule has 0 aliphatic carbocycles. The number of likely N-dealkylation sites (N-methyl/N-ethyl adjacent to an activating group) is 1. The molecule has 10 heteroatoms. The lowest BCUT2D eigenvalue weighted by Gasteiger charge is -2.26. The number of guanidine groups is 1. The number of nitrogens with zero attached hydrogens (tertiary/aromatic N) is 3. The van der Waals surface area contributed by atoms with E-state index in [4.69, 9.17) is 9.47 Å². The number of aliphatic imine (C=N–C) groups is 1. The minimum atomic E-state index is -0.370. The maximum Gasteiger partial charge on any atom is 0.241 e. The standard InChI is InChI=1S/C20H32FN5O3.HI/c1-25(2)19(27)15-24-20(22-5-4-6-26-7-9-29-10-8-26)23-14-16-11-17(21)13-18(12-16)28-3;/h11-13H,4-10,14-15H2,1-3H3,(H2,22,23,24);1H. The molecular weight excluding hydrogens is 504 g/mol. The Morgan fingerprint density at radius 2 is 2.00 bits per heavy atom. The number of methoxy groups -OCH3 is 1. The molecule has 0 atom stereocenters. The van der Waals surface area contributed by atoms with Gasteiger partial charge in [0.05, 0.1) is 33.4 Å². The molecule has 1 aromatic rings. The number of hydrogen-bond donors (Lipinski definition) is 2. The molecule has 0 bridgehead atoms. The fraction of sp³-hybridized carbons (Fsp3) is 0.600. The maximum absolute atomic E-state index is 13.7. The molecule has 170 valence electrons. The van der Waals surface area contributed by atoms with Gasteiger partial charge in [-0.25, -0.2) is 9.38 Å². The van der Waals surface area contributed by atoms with Gasteiger partial charge < -0.3 is 25.0 Å². The Bertz CT molecular complexity index is 684. The minimum absolute atomic E-state index is 0. The summed E-state index contributed by atoms with van der Waals surface area (Å²) in [6, 6.07) is 4.49. The monoisotopic (exact) mass is 537 g/mol. The highest BCUT2D eigenvalue weighted by Gasteiger charge is 2.10. The summed E-state index contributed by atoms with van der Waals surface area (Å²) < 4.78 is 24.1. The number of nitrogens with one attached hydrogen (secondary N) is 2. The predicted octanol–water partition coefficient (Wildman–Crippen LogP) is 1.30. The molecular formula is C20H33FIN5O3. The van der Waals surface area contributed by atoms with Crippen LogP contribution in [0.5, 0.6) is 5.75 Å². The van der Waals surface area contributed by atoms with Gasteiger partial charge in [-0.15, -0.1) is 24.0 Å². The van der Waals surface area contributed by atoms with Gasteiger partial charge in [-0.1, -0.05) is 0 Å². The first-order valence-electron chi connectivity index (χ1n) is 9.84. The van der Waals surface area contributed by atoms with E-state index < -0.39 is 0 Å². The van der Waals surface area contributed by atoms with Crippen LogP contribution in [0.15, 0.2) is 23.2 Å². The summed E-state index contributed by atoms with van der Waals surface area (Å²) in [6.07, 6.45) is 0.941. The van der Waals surface area contributed by atoms with Crippen molar-refractivity contribution in [1.82, 2.24) is 20.4 Å². The molecule has 0 spiro atoms. The Hall–Kier alpha value is -1.66. The van der Waals surface area contributed by atoms with Crippen LogP contribution in [0.1, 0.15) is 12.0 Å². The molecule has 1 aromatic carbocycles. The van der Waals surface area contributed by atoms with Crippen molar-refractivity contribution < 1.29 is 18.7 Å². The third-order valence-electron chi connectivity index (χ3n) is 4.54. The Labute approximate surface area is 195 Å². The van der Waals surface area contributed by atoms with Gasteiger partial charge in [0.25, 0.3) is 0 Å². The van der Waals surface area contributed by atoms with Crippen LogP contribution in [0.2, 0.25) is 0 Å². The maximum atomic E-state index is 13.7. The van der Waals surface area contributed by atoms with E-state index in [2.05, 4.69) is 20.5 Å². The van der Waals surface area contributed by atoms with Gasteiger partial charge >= 0.3 is 0 Å². The lowest BCUT2D eigenvalue weighted by atomic mass is 10.2. The van der Waals surface area contributed by atoms with Gasteiger partial charge in [0.1, 0.15) is 11.6 Å². The van der Waals surface area contributed by atoms with Crippen LogP contribution in [-0.4, -0.2) is 88.8 Å². The van der Waals surface area contributed by atoms with E-state index in [1.54, 1.807) is 20.2 Å². The van der Waals surface area contributed by atoms with Crippen LogP contribution in [0.4, 0.5) is 4.39 Å². The number of morpholine rings is 1. The largest absolute Gasteiger partial charge is 0.497 e. The van der Waals surface area contributed by atoms with Gasteiger partial charge in [-0.2, -0.15) is 0 Å². The average Bonchev–Trinajstić information content (AvgIpc) is 2.72. The lowest BCUT2D eigenvalue weighted by Crippen LogP contribution is -2.44. The van der Waals surface area contributed by atoms with Crippen molar-refractivity contribution in [3.8, 4) is 5.75 Å². The zero-order valence-electron chi connectivity index (χ0n) is 17.9. The molecule has 1 aliphatic heterocycles. The summed E-state index contributed by atoms with van der Waals surface area (Å²) in [5.41, 5.74) is 0.690. The number of carbonyl (C=O) groups excluding carboxylic acids is 1. The molecule has 1 saturated heterocycles. The molecule has 0 saturated carbocycles. The summed E-state index contributed by atoms with van der Waals surface area (Å²) in [5.74, 6) is 0.543. The highest BCUT2D eigenvalue weighted by molar-refractivity contribution is 14.0. The van der Waals surface area contributed by atoms with Crippen molar-refractivity contribution >= 4 is 35.8 Å². The Morgan fingerprint density at radius 3 is 2.67 bits per heavy atom. The first-order chi connectivity index (χ1) is 14.0. The van der Waals surface area contributed by atoms with E-state index in [-0.39, 0.29) is 48.8 Å². The Balaban J connectivity index is 0.00000450. The van der Waals surface area contributed by atoms with Crippen LogP contribution < -0.4 is 15.4 Å². The van der Waals surface area contributed by atoms with Crippen LogP contribution in [0.25, 0.3) is 0 Å². The van der Waals surface area contributed by atoms with Crippen molar-refractivity contribution in [2.45, 2.75) is 13.0 Å². The zero-order valence-corrected chi connectivity index (χ0v) is 20.3. The first-order valence-corrected chi connectivity index (χ1v) is 9.84. The highest BCUT2D eigenvalue weighted by Crippen LogP contribution is 2.16. The minimum Gasteiger partial charge on any atom is -0.497 e.